The molecule has 0 radical (unpaired) electrons. The van der Waals surface area contributed by atoms with Gasteiger partial charge in [0, 0.05) is 16.9 Å². The van der Waals surface area contributed by atoms with E-state index in [2.05, 4.69) is 0 Å². The van der Waals surface area contributed by atoms with E-state index in [1.54, 1.807) is 37.4 Å². The van der Waals surface area contributed by atoms with Crippen LogP contribution in [0.15, 0.2) is 30.3 Å². The number of benzene rings is 2. The second-order valence-corrected chi connectivity index (χ2v) is 5.42. The van der Waals surface area contributed by atoms with Crippen LogP contribution >= 0.6 is 0 Å². The van der Waals surface area contributed by atoms with Crippen molar-refractivity contribution in [2.45, 2.75) is 6.10 Å². The van der Waals surface area contributed by atoms with Crippen molar-refractivity contribution >= 4 is 18.1 Å². The van der Waals surface area contributed by atoms with Gasteiger partial charge in [0.25, 0.3) is 0 Å². The quantitative estimate of drug-likeness (QED) is 0.907. The summed E-state index contributed by atoms with van der Waals surface area (Å²) in [6, 6.07) is 8.46. The molecule has 3 rings (SSSR count). The normalized spacial score (nSPS) is 16.5. The summed E-state index contributed by atoms with van der Waals surface area (Å²) >= 11 is 0. The van der Waals surface area contributed by atoms with Crippen molar-refractivity contribution in [3.63, 3.8) is 0 Å². The van der Waals surface area contributed by atoms with Gasteiger partial charge in [-0.2, -0.15) is 0 Å². The number of fused-ring (bicyclic) bond motifs is 1. The van der Waals surface area contributed by atoms with E-state index in [0.717, 1.165) is 6.26 Å². The van der Waals surface area contributed by atoms with E-state index in [0.29, 0.717) is 39.0 Å². The second kappa shape index (κ2) is 6.76. The lowest BCUT2D eigenvalue weighted by atomic mass is 10.0. The predicted octanol–water partition coefficient (Wildman–Crippen LogP) is 1.49. The fraction of sp³-hybridized carbons (Fsp3) is 0.211. The average Bonchev–Trinajstić information content (AvgIpc) is 2.66. The molecule has 0 bridgehead atoms. The predicted molar refractivity (Wildman–Crippen MR) is 91.7 cm³/mol. The Morgan fingerprint density at radius 2 is 1.72 bits per heavy atom. The minimum Gasteiger partial charge on any atom is -0.515 e. The van der Waals surface area contributed by atoms with Crippen molar-refractivity contribution in [3.8, 4) is 23.0 Å². The molecule has 25 heavy (non-hydrogen) atoms. The molecule has 0 amide bonds. The number of Topliss-reactive ketones (excluding diaryl/α,β-unsaturated/α-hetero) is 1. The molecule has 1 atom stereocenters. The standard InChI is InChI=1S/C19H18O6/c1-22-15-5-4-12(8-18(15)24-3)19-14(21)9-13-16(23-2)6-11(10-20)7-17(13)25-19/h4-10,19-20H,1-3H3/b11-10+/t19-/m1/s1. The number of carbonyl (C=O) groups excluding carboxylic acids is 1. The molecule has 130 valence electrons. The van der Waals surface area contributed by atoms with E-state index in [1.807, 2.05) is 0 Å². The SMILES string of the molecule is COc1ccc([C@H]2Oc3c/c(=C/O)cc(OC)c3=CC2=O)cc1OC. The molecule has 0 aromatic heterocycles. The Balaban J connectivity index is 2.08. The van der Waals surface area contributed by atoms with Crippen molar-refractivity contribution in [1.82, 2.24) is 0 Å². The van der Waals surface area contributed by atoms with Gasteiger partial charge in [-0.05, 0) is 24.3 Å². The first kappa shape index (κ1) is 16.7. The zero-order chi connectivity index (χ0) is 18.0. The largest absolute Gasteiger partial charge is 0.515 e. The van der Waals surface area contributed by atoms with E-state index >= 15 is 0 Å². The second-order valence-electron chi connectivity index (χ2n) is 5.42. The topological polar surface area (TPSA) is 74.2 Å². The number of aliphatic hydroxyl groups is 1. The van der Waals surface area contributed by atoms with Crippen molar-refractivity contribution < 1.29 is 28.8 Å². The lowest BCUT2D eigenvalue weighted by molar-refractivity contribution is -0.120. The van der Waals surface area contributed by atoms with Gasteiger partial charge in [-0.3, -0.25) is 4.79 Å². The molecule has 1 heterocycles. The number of aliphatic hydroxyl groups excluding tert-OH is 1. The Hall–Kier alpha value is -3.15. The number of hydrogen-bond donors (Lipinski definition) is 1. The first-order valence-electron chi connectivity index (χ1n) is 7.58. The molecular formula is C19H18O6. The highest BCUT2D eigenvalue weighted by atomic mass is 16.5. The molecule has 0 saturated carbocycles. The Morgan fingerprint density at radius 1 is 1.00 bits per heavy atom. The highest BCUT2D eigenvalue weighted by molar-refractivity contribution is 6.10. The van der Waals surface area contributed by atoms with Gasteiger partial charge in [-0.15, -0.1) is 0 Å². The summed E-state index contributed by atoms with van der Waals surface area (Å²) in [7, 11) is 4.57. The molecule has 1 N–H and O–H groups in total. The molecule has 0 unspecified atom stereocenters. The summed E-state index contributed by atoms with van der Waals surface area (Å²) < 4.78 is 21.7. The van der Waals surface area contributed by atoms with Crippen molar-refractivity contribution in [2.75, 3.05) is 21.3 Å². The highest BCUT2D eigenvalue weighted by Crippen LogP contribution is 2.33. The van der Waals surface area contributed by atoms with Crippen LogP contribution in [0.2, 0.25) is 0 Å². The number of ether oxygens (including phenoxy) is 4. The number of rotatable bonds is 4. The molecule has 6 heteroatoms. The summed E-state index contributed by atoms with van der Waals surface area (Å²) in [5.41, 5.74) is 0.641. The molecule has 0 saturated heterocycles. The van der Waals surface area contributed by atoms with Gasteiger partial charge in [0.2, 0.25) is 5.78 Å². The molecule has 2 aromatic rings. The van der Waals surface area contributed by atoms with Crippen molar-refractivity contribution in [1.29, 1.82) is 0 Å². The average molecular weight is 342 g/mol. The third kappa shape index (κ3) is 2.98. The molecule has 2 aromatic carbocycles. The number of ketones is 1. The molecular weight excluding hydrogens is 324 g/mol. The maximum absolute atomic E-state index is 12.6. The molecule has 0 fully saturated rings. The third-order valence-electron chi connectivity index (χ3n) is 4.00. The maximum Gasteiger partial charge on any atom is 0.201 e. The van der Waals surface area contributed by atoms with E-state index in [9.17, 15) is 9.90 Å². The van der Waals surface area contributed by atoms with E-state index in [1.165, 1.54) is 20.3 Å². The monoisotopic (exact) mass is 342 g/mol. The van der Waals surface area contributed by atoms with Crippen LogP contribution in [0.4, 0.5) is 0 Å². The summed E-state index contributed by atoms with van der Waals surface area (Å²) in [5, 5.41) is 10.3. The first-order chi connectivity index (χ1) is 12.1. The smallest absolute Gasteiger partial charge is 0.201 e. The zero-order valence-corrected chi connectivity index (χ0v) is 14.1. The summed E-state index contributed by atoms with van der Waals surface area (Å²) in [4.78, 5) is 12.6. The summed E-state index contributed by atoms with van der Waals surface area (Å²) in [6.45, 7) is 0. The Labute approximate surface area is 144 Å². The maximum atomic E-state index is 12.6. The zero-order valence-electron chi connectivity index (χ0n) is 14.1. The van der Waals surface area contributed by atoms with Crippen LogP contribution in [-0.4, -0.2) is 32.2 Å². The lowest BCUT2D eigenvalue weighted by Crippen LogP contribution is -2.29. The first-order valence-corrected chi connectivity index (χ1v) is 7.58. The van der Waals surface area contributed by atoms with E-state index < -0.39 is 6.10 Å². The van der Waals surface area contributed by atoms with Crippen LogP contribution in [-0.2, 0) is 4.79 Å². The Morgan fingerprint density at radius 3 is 2.36 bits per heavy atom. The number of hydrogen-bond acceptors (Lipinski definition) is 6. The lowest BCUT2D eigenvalue weighted by Gasteiger charge is -2.23. The van der Waals surface area contributed by atoms with Crippen LogP contribution in [0.3, 0.4) is 0 Å². The van der Waals surface area contributed by atoms with Crippen LogP contribution in [0.25, 0.3) is 12.3 Å². The minimum absolute atomic E-state index is 0.209. The van der Waals surface area contributed by atoms with E-state index in [-0.39, 0.29) is 5.78 Å². The van der Waals surface area contributed by atoms with Gasteiger partial charge in [-0.1, -0.05) is 6.07 Å². The van der Waals surface area contributed by atoms with Gasteiger partial charge in [0.15, 0.2) is 17.6 Å². The van der Waals surface area contributed by atoms with E-state index in [4.69, 9.17) is 18.9 Å². The Kier molecular flexibility index (Phi) is 4.52. The minimum atomic E-state index is -0.814. The van der Waals surface area contributed by atoms with Crippen LogP contribution in [0, 0.1) is 0 Å². The number of carbonyl (C=O) groups is 1. The summed E-state index contributed by atoms with van der Waals surface area (Å²) in [5.74, 6) is 1.78. The van der Waals surface area contributed by atoms with Crippen molar-refractivity contribution in [3.05, 3.63) is 46.3 Å². The molecule has 6 nitrogen and oxygen atoms in total. The van der Waals surface area contributed by atoms with Gasteiger partial charge < -0.3 is 24.1 Å². The summed E-state index contributed by atoms with van der Waals surface area (Å²) in [6.07, 6.45) is 1.62. The third-order valence-corrected chi connectivity index (χ3v) is 4.00. The van der Waals surface area contributed by atoms with Gasteiger partial charge in [0.1, 0.15) is 11.5 Å². The molecule has 1 aliphatic rings. The van der Waals surface area contributed by atoms with Crippen LogP contribution in [0.5, 0.6) is 23.0 Å². The Bertz CT molecular complexity index is 932. The van der Waals surface area contributed by atoms with Crippen LogP contribution in [0.1, 0.15) is 11.7 Å². The highest BCUT2D eigenvalue weighted by Gasteiger charge is 2.27. The van der Waals surface area contributed by atoms with Crippen molar-refractivity contribution in [2.24, 2.45) is 0 Å². The fourth-order valence-electron chi connectivity index (χ4n) is 2.76. The van der Waals surface area contributed by atoms with Crippen LogP contribution < -0.4 is 29.4 Å². The number of methoxy groups -OCH3 is 3. The van der Waals surface area contributed by atoms with Gasteiger partial charge >= 0.3 is 0 Å². The fourth-order valence-corrected chi connectivity index (χ4v) is 2.76. The molecule has 1 aliphatic heterocycles. The van der Waals surface area contributed by atoms with Gasteiger partial charge in [-0.25, -0.2) is 0 Å². The molecule has 0 aliphatic carbocycles. The van der Waals surface area contributed by atoms with Gasteiger partial charge in [0.05, 0.1) is 32.8 Å². The molecule has 0 spiro atoms.